The molecule has 0 radical (unpaired) electrons. The molecule has 2 N–H and O–H groups in total. The quantitative estimate of drug-likeness (QED) is 0.725. The van der Waals surface area contributed by atoms with Crippen LogP contribution in [0, 0.1) is 0 Å². The predicted octanol–water partition coefficient (Wildman–Crippen LogP) is 3.02. The molecule has 0 unspecified atom stereocenters. The largest absolute Gasteiger partial charge is 0.497 e. The second-order valence-electron chi connectivity index (χ2n) is 5.36. The van der Waals surface area contributed by atoms with Gasteiger partial charge in [0.15, 0.2) is 0 Å². The maximum atomic E-state index is 12.5. The summed E-state index contributed by atoms with van der Waals surface area (Å²) in [5.41, 5.74) is 2.36. The van der Waals surface area contributed by atoms with Crippen molar-refractivity contribution in [2.75, 3.05) is 14.2 Å². The number of amides is 1. The van der Waals surface area contributed by atoms with Crippen molar-refractivity contribution in [2.45, 2.75) is 6.54 Å². The van der Waals surface area contributed by atoms with Gasteiger partial charge in [0.2, 0.25) is 0 Å². The van der Waals surface area contributed by atoms with Crippen LogP contribution in [-0.4, -0.2) is 30.1 Å². The molecule has 0 spiro atoms. The van der Waals surface area contributed by atoms with Gasteiger partial charge in [-0.05, 0) is 23.8 Å². The average molecular weight is 337 g/mol. The van der Waals surface area contributed by atoms with Crippen molar-refractivity contribution in [3.63, 3.8) is 0 Å². The number of hydrogen-bond acceptors (Lipinski definition) is 4. The van der Waals surface area contributed by atoms with Crippen LogP contribution in [0.25, 0.3) is 11.3 Å². The zero-order valence-corrected chi connectivity index (χ0v) is 14.1. The minimum Gasteiger partial charge on any atom is -0.497 e. The van der Waals surface area contributed by atoms with Crippen LogP contribution in [0.2, 0.25) is 0 Å². The van der Waals surface area contributed by atoms with Gasteiger partial charge in [0.1, 0.15) is 17.3 Å². The average Bonchev–Trinajstić information content (AvgIpc) is 3.15. The smallest absolute Gasteiger partial charge is 0.255 e. The van der Waals surface area contributed by atoms with Crippen molar-refractivity contribution in [1.82, 2.24) is 15.3 Å². The molecule has 1 aromatic heterocycles. The van der Waals surface area contributed by atoms with Gasteiger partial charge in [0.25, 0.3) is 5.91 Å². The highest BCUT2D eigenvalue weighted by atomic mass is 16.5. The Hall–Kier alpha value is -3.28. The summed E-state index contributed by atoms with van der Waals surface area (Å²) in [5, 5.41) is 2.84. The minimum atomic E-state index is -0.256. The third-order valence-electron chi connectivity index (χ3n) is 3.78. The summed E-state index contributed by atoms with van der Waals surface area (Å²) in [5.74, 6) is 1.50. The third kappa shape index (κ3) is 3.80. The summed E-state index contributed by atoms with van der Waals surface area (Å²) < 4.78 is 10.4. The Kier molecular flexibility index (Phi) is 4.99. The molecule has 6 nitrogen and oxygen atoms in total. The first kappa shape index (κ1) is 16.6. The lowest BCUT2D eigenvalue weighted by Crippen LogP contribution is -2.24. The number of aromatic nitrogens is 2. The number of nitrogens with one attached hydrogen (secondary N) is 2. The van der Waals surface area contributed by atoms with Crippen molar-refractivity contribution < 1.29 is 14.3 Å². The number of nitrogens with zero attached hydrogens (tertiary/aromatic N) is 1. The first-order valence-corrected chi connectivity index (χ1v) is 7.81. The molecule has 128 valence electrons. The number of imidazole rings is 1. The number of aromatic amines is 1. The number of H-pyrrole nitrogens is 1. The molecule has 3 rings (SSSR count). The highest BCUT2D eigenvalue weighted by molar-refractivity contribution is 5.97. The fourth-order valence-electron chi connectivity index (χ4n) is 2.47. The van der Waals surface area contributed by atoms with Crippen molar-refractivity contribution in [1.29, 1.82) is 0 Å². The second kappa shape index (κ2) is 7.53. The number of methoxy groups -OCH3 is 2. The van der Waals surface area contributed by atoms with E-state index in [9.17, 15) is 4.79 Å². The van der Waals surface area contributed by atoms with Crippen molar-refractivity contribution in [3.8, 4) is 22.8 Å². The van der Waals surface area contributed by atoms with Crippen LogP contribution in [0.15, 0.2) is 54.7 Å². The molecule has 0 bridgehead atoms. The molecule has 0 fully saturated rings. The highest BCUT2D eigenvalue weighted by Gasteiger charge is 2.14. The Morgan fingerprint density at radius 1 is 1.12 bits per heavy atom. The molecular weight excluding hydrogens is 318 g/mol. The normalized spacial score (nSPS) is 10.3. The lowest BCUT2D eigenvalue weighted by molar-refractivity contribution is 0.0946. The summed E-state index contributed by atoms with van der Waals surface area (Å²) in [6.07, 6.45) is 1.75. The van der Waals surface area contributed by atoms with Gasteiger partial charge in [-0.3, -0.25) is 4.79 Å². The molecule has 25 heavy (non-hydrogen) atoms. The Balaban J connectivity index is 1.70. The first-order valence-electron chi connectivity index (χ1n) is 7.81. The summed E-state index contributed by atoms with van der Waals surface area (Å²) in [4.78, 5) is 20.0. The van der Waals surface area contributed by atoms with Crippen LogP contribution < -0.4 is 14.8 Å². The van der Waals surface area contributed by atoms with Crippen molar-refractivity contribution in [2.24, 2.45) is 0 Å². The van der Waals surface area contributed by atoms with E-state index in [2.05, 4.69) is 15.3 Å². The first-order chi connectivity index (χ1) is 12.2. The molecule has 1 heterocycles. The Labute approximate surface area is 145 Å². The third-order valence-corrected chi connectivity index (χ3v) is 3.78. The van der Waals surface area contributed by atoms with Gasteiger partial charge >= 0.3 is 0 Å². The maximum Gasteiger partial charge on any atom is 0.255 e. The van der Waals surface area contributed by atoms with E-state index in [4.69, 9.17) is 9.47 Å². The number of ether oxygens (including phenoxy) is 2. The second-order valence-corrected chi connectivity index (χ2v) is 5.36. The van der Waals surface area contributed by atoms with E-state index in [1.165, 1.54) is 7.11 Å². The van der Waals surface area contributed by atoms with E-state index in [0.717, 1.165) is 11.3 Å². The van der Waals surface area contributed by atoms with Gasteiger partial charge in [-0.25, -0.2) is 4.98 Å². The topological polar surface area (TPSA) is 76.2 Å². The lowest BCUT2D eigenvalue weighted by atomic mass is 10.1. The molecule has 0 saturated heterocycles. The molecule has 0 aliphatic carbocycles. The van der Waals surface area contributed by atoms with E-state index >= 15 is 0 Å². The van der Waals surface area contributed by atoms with Gasteiger partial charge in [-0.2, -0.15) is 0 Å². The Morgan fingerprint density at radius 3 is 2.64 bits per heavy atom. The predicted molar refractivity (Wildman–Crippen MR) is 94.7 cm³/mol. The molecular formula is C19H19N3O3. The van der Waals surface area contributed by atoms with E-state index in [1.807, 2.05) is 30.3 Å². The van der Waals surface area contributed by atoms with Crippen molar-refractivity contribution in [3.05, 3.63) is 66.1 Å². The summed E-state index contributed by atoms with van der Waals surface area (Å²) >= 11 is 0. The van der Waals surface area contributed by atoms with Crippen molar-refractivity contribution >= 4 is 5.91 Å². The number of carbonyl (C=O) groups is 1. The molecule has 0 atom stereocenters. The maximum absolute atomic E-state index is 12.5. The Morgan fingerprint density at radius 2 is 1.92 bits per heavy atom. The van der Waals surface area contributed by atoms with Crippen LogP contribution in [0.3, 0.4) is 0 Å². The van der Waals surface area contributed by atoms with Gasteiger partial charge in [0, 0.05) is 0 Å². The fraction of sp³-hybridized carbons (Fsp3) is 0.158. The number of hydrogen-bond donors (Lipinski definition) is 2. The lowest BCUT2D eigenvalue weighted by Gasteiger charge is -2.10. The van der Waals surface area contributed by atoms with E-state index in [1.54, 1.807) is 31.5 Å². The van der Waals surface area contributed by atoms with Gasteiger partial charge in [-0.15, -0.1) is 0 Å². The van der Waals surface area contributed by atoms with Crippen LogP contribution in [0.1, 0.15) is 16.2 Å². The SMILES string of the molecule is COc1ccc(OC)c(C(=O)NCc2ncc(-c3ccccc3)[nH]2)c1. The molecule has 0 saturated carbocycles. The number of carbonyl (C=O) groups excluding carboxylic acids is 1. The van der Waals surface area contributed by atoms with E-state index in [0.29, 0.717) is 22.9 Å². The monoisotopic (exact) mass is 337 g/mol. The summed E-state index contributed by atoms with van der Waals surface area (Å²) in [6, 6.07) is 15.0. The highest BCUT2D eigenvalue weighted by Crippen LogP contribution is 2.24. The molecule has 0 aliphatic heterocycles. The fourth-order valence-corrected chi connectivity index (χ4v) is 2.47. The van der Waals surface area contributed by atoms with Crippen LogP contribution >= 0.6 is 0 Å². The number of rotatable bonds is 6. The van der Waals surface area contributed by atoms with E-state index in [-0.39, 0.29) is 12.5 Å². The van der Waals surface area contributed by atoms with Crippen LogP contribution in [0.5, 0.6) is 11.5 Å². The molecule has 2 aromatic carbocycles. The zero-order chi connectivity index (χ0) is 17.6. The molecule has 3 aromatic rings. The zero-order valence-electron chi connectivity index (χ0n) is 14.1. The van der Waals surface area contributed by atoms with E-state index < -0.39 is 0 Å². The van der Waals surface area contributed by atoms with Crippen LogP contribution in [0.4, 0.5) is 0 Å². The standard InChI is InChI=1S/C19H19N3O3/c1-24-14-8-9-17(25-2)15(10-14)19(23)21-12-18-20-11-16(22-18)13-6-4-3-5-7-13/h3-11H,12H2,1-2H3,(H,20,22)(H,21,23). The van der Waals surface area contributed by atoms with Gasteiger partial charge in [0.05, 0.1) is 38.2 Å². The summed E-state index contributed by atoms with van der Waals surface area (Å²) in [7, 11) is 3.08. The minimum absolute atomic E-state index is 0.256. The molecule has 0 aliphatic rings. The summed E-state index contributed by atoms with van der Waals surface area (Å²) in [6.45, 7) is 0.284. The Bertz CT molecular complexity index is 859. The molecule has 1 amide bonds. The number of benzene rings is 2. The van der Waals surface area contributed by atoms with Gasteiger partial charge in [-0.1, -0.05) is 30.3 Å². The van der Waals surface area contributed by atoms with Gasteiger partial charge < -0.3 is 19.8 Å². The van der Waals surface area contributed by atoms with Crippen LogP contribution in [-0.2, 0) is 6.54 Å². The molecule has 6 heteroatoms.